The van der Waals surface area contributed by atoms with Crippen molar-refractivity contribution in [3.05, 3.63) is 48.0 Å². The molecule has 0 unspecified atom stereocenters. The minimum Gasteiger partial charge on any atom is -0.464 e. The van der Waals surface area contributed by atoms with Gasteiger partial charge in [0, 0.05) is 11.8 Å². The lowest BCUT2D eigenvalue weighted by Gasteiger charge is -2.44. The highest BCUT2D eigenvalue weighted by molar-refractivity contribution is 5.81. The van der Waals surface area contributed by atoms with Crippen LogP contribution in [0.3, 0.4) is 0 Å². The van der Waals surface area contributed by atoms with E-state index in [1.807, 2.05) is 37.3 Å². The van der Waals surface area contributed by atoms with E-state index in [9.17, 15) is 9.90 Å². The molecular formula is C20H26O4. The fourth-order valence-electron chi connectivity index (χ4n) is 4.33. The van der Waals surface area contributed by atoms with E-state index in [2.05, 4.69) is 6.58 Å². The molecule has 2 aliphatic rings. The van der Waals surface area contributed by atoms with Crippen LogP contribution in [0.5, 0.6) is 0 Å². The van der Waals surface area contributed by atoms with Crippen LogP contribution in [0.15, 0.2) is 42.5 Å². The van der Waals surface area contributed by atoms with Crippen LogP contribution in [0.2, 0.25) is 0 Å². The lowest BCUT2D eigenvalue weighted by atomic mass is 9.64. The predicted octanol–water partition coefficient (Wildman–Crippen LogP) is 3.41. The van der Waals surface area contributed by atoms with Crippen molar-refractivity contribution >= 4 is 5.97 Å². The Kier molecular flexibility index (Phi) is 4.79. The first-order chi connectivity index (χ1) is 11.5. The van der Waals surface area contributed by atoms with Crippen LogP contribution in [0.4, 0.5) is 0 Å². The molecule has 24 heavy (non-hydrogen) atoms. The summed E-state index contributed by atoms with van der Waals surface area (Å²) in [5.41, 5.74) is 0.367. The van der Waals surface area contributed by atoms with Crippen molar-refractivity contribution in [1.29, 1.82) is 0 Å². The zero-order valence-electron chi connectivity index (χ0n) is 14.4. The number of hydrogen-bond donors (Lipinski definition) is 1. The summed E-state index contributed by atoms with van der Waals surface area (Å²) in [6, 6.07) is 9.99. The second-order valence-electron chi connectivity index (χ2n) is 6.94. The molecule has 0 aromatic heterocycles. The molecule has 3 rings (SSSR count). The molecule has 1 N–H and O–H groups in total. The third-order valence-electron chi connectivity index (χ3n) is 5.46. The summed E-state index contributed by atoms with van der Waals surface area (Å²) < 4.78 is 11.4. The molecule has 0 amide bonds. The van der Waals surface area contributed by atoms with Crippen molar-refractivity contribution in [3.63, 3.8) is 0 Å². The molecule has 130 valence electrons. The van der Waals surface area contributed by atoms with E-state index >= 15 is 0 Å². The highest BCUT2D eigenvalue weighted by Gasteiger charge is 2.60. The van der Waals surface area contributed by atoms with Gasteiger partial charge in [-0.15, -0.1) is 0 Å². The molecule has 1 aromatic carbocycles. The van der Waals surface area contributed by atoms with Crippen molar-refractivity contribution in [2.45, 2.75) is 50.9 Å². The van der Waals surface area contributed by atoms with Crippen LogP contribution < -0.4 is 0 Å². The van der Waals surface area contributed by atoms with Crippen LogP contribution in [0, 0.1) is 11.8 Å². The maximum Gasteiger partial charge on any atom is 0.339 e. The summed E-state index contributed by atoms with van der Waals surface area (Å²) in [6.45, 7) is 7.89. The number of benzene rings is 1. The smallest absolute Gasteiger partial charge is 0.339 e. The first-order valence-corrected chi connectivity index (χ1v) is 8.73. The number of esters is 1. The molecule has 2 fully saturated rings. The van der Waals surface area contributed by atoms with Crippen molar-refractivity contribution in [2.75, 3.05) is 6.61 Å². The fraction of sp³-hybridized carbons (Fsp3) is 0.550. The second-order valence-corrected chi connectivity index (χ2v) is 6.94. The maximum absolute atomic E-state index is 12.7. The van der Waals surface area contributed by atoms with Gasteiger partial charge in [-0.2, -0.15) is 0 Å². The van der Waals surface area contributed by atoms with Crippen molar-refractivity contribution < 1.29 is 19.4 Å². The Labute approximate surface area is 143 Å². The van der Waals surface area contributed by atoms with Gasteiger partial charge in [-0.25, -0.2) is 4.79 Å². The zero-order chi connectivity index (χ0) is 17.3. The standard InChI is InChI=1S/C20H26O4/c1-4-23-19(21)20(22)15(13(2)3)10-11-17-16(20)12-18(24-17)14-8-6-5-7-9-14/h5-9,15-18,22H,2,4,10-12H2,1,3H3/t15-,16+,17+,18+,20+/m1/s1. The number of ether oxygens (including phenoxy) is 2. The van der Waals surface area contributed by atoms with Gasteiger partial charge in [0.05, 0.1) is 18.8 Å². The van der Waals surface area contributed by atoms with Gasteiger partial charge in [-0.1, -0.05) is 42.5 Å². The lowest BCUT2D eigenvalue weighted by Crippen LogP contribution is -2.58. The van der Waals surface area contributed by atoms with Gasteiger partial charge < -0.3 is 14.6 Å². The monoisotopic (exact) mass is 330 g/mol. The van der Waals surface area contributed by atoms with E-state index in [0.717, 1.165) is 17.6 Å². The van der Waals surface area contributed by atoms with Gasteiger partial charge in [0.15, 0.2) is 5.60 Å². The Bertz CT molecular complexity index is 611. The Morgan fingerprint density at radius 1 is 1.38 bits per heavy atom. The van der Waals surface area contributed by atoms with Gasteiger partial charge >= 0.3 is 5.97 Å². The molecule has 0 bridgehead atoms. The second kappa shape index (κ2) is 6.69. The summed E-state index contributed by atoms with van der Waals surface area (Å²) in [6.07, 6.45) is 1.92. The zero-order valence-corrected chi connectivity index (χ0v) is 14.4. The molecule has 4 nitrogen and oxygen atoms in total. The van der Waals surface area contributed by atoms with Crippen LogP contribution in [0.1, 0.15) is 44.8 Å². The Morgan fingerprint density at radius 2 is 2.08 bits per heavy atom. The molecule has 5 atom stereocenters. The van der Waals surface area contributed by atoms with Gasteiger partial charge in [-0.3, -0.25) is 0 Å². The van der Waals surface area contributed by atoms with Crippen molar-refractivity contribution in [2.24, 2.45) is 11.8 Å². The fourth-order valence-corrected chi connectivity index (χ4v) is 4.33. The summed E-state index contributed by atoms with van der Waals surface area (Å²) in [5.74, 6) is -1.09. The van der Waals surface area contributed by atoms with Crippen LogP contribution in [-0.2, 0) is 14.3 Å². The third kappa shape index (κ3) is 2.78. The molecule has 1 saturated carbocycles. The summed E-state index contributed by atoms with van der Waals surface area (Å²) >= 11 is 0. The predicted molar refractivity (Wildman–Crippen MR) is 91.3 cm³/mol. The van der Waals surface area contributed by atoms with Gasteiger partial charge in [-0.05, 0) is 38.7 Å². The molecule has 0 spiro atoms. The first-order valence-electron chi connectivity index (χ1n) is 8.73. The van der Waals surface area contributed by atoms with E-state index in [0.29, 0.717) is 12.8 Å². The largest absolute Gasteiger partial charge is 0.464 e. The summed E-state index contributed by atoms with van der Waals surface area (Å²) in [7, 11) is 0. The van der Waals surface area contributed by atoms with Gasteiger partial charge in [0.1, 0.15) is 0 Å². The molecule has 1 aromatic rings. The van der Waals surface area contributed by atoms with E-state index in [4.69, 9.17) is 9.47 Å². The Morgan fingerprint density at radius 3 is 2.71 bits per heavy atom. The highest BCUT2D eigenvalue weighted by Crippen LogP contribution is 2.52. The number of fused-ring (bicyclic) bond motifs is 1. The van der Waals surface area contributed by atoms with Crippen molar-refractivity contribution in [3.8, 4) is 0 Å². The average molecular weight is 330 g/mol. The number of hydrogen-bond acceptors (Lipinski definition) is 4. The molecule has 1 heterocycles. The number of aliphatic hydroxyl groups is 1. The topological polar surface area (TPSA) is 55.8 Å². The normalized spacial score (nSPS) is 35.3. The first kappa shape index (κ1) is 17.2. The lowest BCUT2D eigenvalue weighted by molar-refractivity contribution is -0.187. The highest BCUT2D eigenvalue weighted by atomic mass is 16.6. The number of carbonyl (C=O) groups is 1. The van der Waals surface area contributed by atoms with Crippen LogP contribution >= 0.6 is 0 Å². The Hall–Kier alpha value is -1.65. The van der Waals surface area contributed by atoms with Crippen molar-refractivity contribution in [1.82, 2.24) is 0 Å². The SMILES string of the molecule is C=C(C)[C@H]1CC[C@@H]2O[C@H](c3ccccc3)C[C@@H]2[C@]1(O)C(=O)OCC. The average Bonchev–Trinajstić information content (AvgIpc) is 3.01. The number of carbonyl (C=O) groups excluding carboxylic acids is 1. The summed E-state index contributed by atoms with van der Waals surface area (Å²) in [4.78, 5) is 12.7. The van der Waals surface area contributed by atoms with Crippen LogP contribution in [-0.4, -0.2) is 29.4 Å². The van der Waals surface area contributed by atoms with E-state index in [-0.39, 0.29) is 30.7 Å². The Balaban J connectivity index is 1.91. The molecule has 1 aliphatic carbocycles. The quantitative estimate of drug-likeness (QED) is 0.679. The van der Waals surface area contributed by atoms with E-state index < -0.39 is 11.6 Å². The molecule has 1 aliphatic heterocycles. The van der Waals surface area contributed by atoms with E-state index in [1.54, 1.807) is 6.92 Å². The van der Waals surface area contributed by atoms with Crippen LogP contribution in [0.25, 0.3) is 0 Å². The van der Waals surface area contributed by atoms with E-state index in [1.165, 1.54) is 0 Å². The minimum absolute atomic E-state index is 0.0916. The molecular weight excluding hydrogens is 304 g/mol. The molecule has 0 radical (unpaired) electrons. The molecule has 1 saturated heterocycles. The minimum atomic E-state index is -1.55. The third-order valence-corrected chi connectivity index (χ3v) is 5.46. The number of rotatable bonds is 4. The molecule has 4 heteroatoms. The maximum atomic E-state index is 12.7. The summed E-state index contributed by atoms with van der Waals surface area (Å²) in [5, 5.41) is 11.4. The van der Waals surface area contributed by atoms with Gasteiger partial charge in [0.2, 0.25) is 0 Å². The van der Waals surface area contributed by atoms with Gasteiger partial charge in [0.25, 0.3) is 0 Å².